The van der Waals surface area contributed by atoms with E-state index in [0.717, 1.165) is 5.82 Å². The van der Waals surface area contributed by atoms with Gasteiger partial charge in [0.25, 0.3) is 0 Å². The molecule has 0 spiro atoms. The fourth-order valence-electron chi connectivity index (χ4n) is 1.43. The van der Waals surface area contributed by atoms with Crippen molar-refractivity contribution in [3.63, 3.8) is 0 Å². The number of anilines is 1. The van der Waals surface area contributed by atoms with Gasteiger partial charge in [-0.15, -0.1) is 0 Å². The van der Waals surface area contributed by atoms with Crippen molar-refractivity contribution in [2.45, 2.75) is 6.54 Å². The van der Waals surface area contributed by atoms with Crippen molar-refractivity contribution < 1.29 is 4.92 Å². The van der Waals surface area contributed by atoms with Crippen molar-refractivity contribution >= 4 is 27.4 Å². The second kappa shape index (κ2) is 5.13. The first kappa shape index (κ1) is 12.5. The molecule has 0 saturated carbocycles. The number of hydrogen-bond acceptors (Lipinski definition) is 5. The van der Waals surface area contributed by atoms with E-state index in [9.17, 15) is 10.1 Å². The fraction of sp³-hybridized carbons (Fsp3) is 0.200. The van der Waals surface area contributed by atoms with Crippen LogP contribution in [-0.4, -0.2) is 19.5 Å². The second-order valence-corrected chi connectivity index (χ2v) is 4.50. The van der Waals surface area contributed by atoms with Crippen LogP contribution in [-0.2, 0) is 13.6 Å². The zero-order chi connectivity index (χ0) is 13.1. The topological polar surface area (TPSA) is 85.9 Å². The summed E-state index contributed by atoms with van der Waals surface area (Å²) in [5, 5.41) is 13.8. The predicted molar refractivity (Wildman–Crippen MR) is 69.1 cm³/mol. The van der Waals surface area contributed by atoms with E-state index >= 15 is 0 Å². The highest BCUT2D eigenvalue weighted by Crippen LogP contribution is 2.25. The quantitative estimate of drug-likeness (QED) is 0.690. The number of pyridine rings is 1. The Balaban J connectivity index is 2.19. The molecule has 0 unspecified atom stereocenters. The zero-order valence-corrected chi connectivity index (χ0v) is 11.1. The molecule has 0 aliphatic heterocycles. The molecule has 0 amide bonds. The molecule has 2 aromatic heterocycles. The Hall–Kier alpha value is -1.96. The minimum Gasteiger partial charge on any atom is -0.357 e. The molecule has 1 N–H and O–H groups in total. The van der Waals surface area contributed by atoms with Gasteiger partial charge in [0.2, 0.25) is 5.82 Å². The standard InChI is InChI=1S/C10H10BrN5O2/c1-15-3-2-12-9(15)6-14-10-8(16(17)18)4-7(11)5-13-10/h2-5H,6H2,1H3,(H,13,14). The maximum absolute atomic E-state index is 10.9. The highest BCUT2D eigenvalue weighted by molar-refractivity contribution is 9.10. The van der Waals surface area contributed by atoms with Crippen LogP contribution >= 0.6 is 15.9 Å². The van der Waals surface area contributed by atoms with E-state index in [4.69, 9.17) is 0 Å². The summed E-state index contributed by atoms with van der Waals surface area (Å²) >= 11 is 3.15. The summed E-state index contributed by atoms with van der Waals surface area (Å²) < 4.78 is 2.40. The lowest BCUT2D eigenvalue weighted by molar-refractivity contribution is -0.384. The molecule has 0 bridgehead atoms. The highest BCUT2D eigenvalue weighted by atomic mass is 79.9. The molecule has 18 heavy (non-hydrogen) atoms. The summed E-state index contributed by atoms with van der Waals surface area (Å²) in [6.07, 6.45) is 4.98. The Kier molecular flexibility index (Phi) is 3.56. The first-order chi connectivity index (χ1) is 8.58. The summed E-state index contributed by atoms with van der Waals surface area (Å²) in [6.45, 7) is 0.374. The molecule has 0 aliphatic rings. The van der Waals surface area contributed by atoms with Crippen molar-refractivity contribution in [1.29, 1.82) is 0 Å². The molecule has 2 aromatic rings. The molecule has 7 nitrogen and oxygen atoms in total. The third kappa shape index (κ3) is 2.65. The summed E-state index contributed by atoms with van der Waals surface area (Å²) in [6, 6.07) is 1.41. The van der Waals surface area contributed by atoms with Gasteiger partial charge in [0.15, 0.2) is 0 Å². The van der Waals surface area contributed by atoms with Crippen molar-refractivity contribution in [3.8, 4) is 0 Å². The summed E-state index contributed by atoms with van der Waals surface area (Å²) in [5.74, 6) is 1.00. The Labute approximate surface area is 111 Å². The molecule has 0 aliphatic carbocycles. The maximum atomic E-state index is 10.9. The number of nitrogens with one attached hydrogen (secondary N) is 1. The molecule has 0 saturated heterocycles. The van der Waals surface area contributed by atoms with E-state index in [-0.39, 0.29) is 11.5 Å². The molecule has 2 rings (SSSR count). The van der Waals surface area contributed by atoms with Crippen LogP contribution in [0.3, 0.4) is 0 Å². The molecule has 0 atom stereocenters. The van der Waals surface area contributed by atoms with E-state index in [1.165, 1.54) is 12.3 Å². The van der Waals surface area contributed by atoms with Gasteiger partial charge >= 0.3 is 5.69 Å². The van der Waals surface area contributed by atoms with Crippen LogP contribution in [0.1, 0.15) is 5.82 Å². The lowest BCUT2D eigenvalue weighted by Crippen LogP contribution is -2.08. The number of halogens is 1. The van der Waals surface area contributed by atoms with Crippen molar-refractivity contribution in [2.24, 2.45) is 7.05 Å². The van der Waals surface area contributed by atoms with Crippen LogP contribution in [0.2, 0.25) is 0 Å². The number of nitro groups is 1. The van der Waals surface area contributed by atoms with Gasteiger partial charge in [-0.3, -0.25) is 10.1 Å². The van der Waals surface area contributed by atoms with Crippen molar-refractivity contribution in [3.05, 3.63) is 45.1 Å². The Morgan fingerprint density at radius 1 is 1.56 bits per heavy atom. The molecule has 0 aromatic carbocycles. The molecule has 0 fully saturated rings. The lowest BCUT2D eigenvalue weighted by atomic mass is 10.4. The Morgan fingerprint density at radius 2 is 2.33 bits per heavy atom. The molecule has 94 valence electrons. The number of hydrogen-bond donors (Lipinski definition) is 1. The monoisotopic (exact) mass is 311 g/mol. The van der Waals surface area contributed by atoms with Gasteiger partial charge in [0.1, 0.15) is 5.82 Å². The molecule has 8 heteroatoms. The van der Waals surface area contributed by atoms with Crippen molar-refractivity contribution in [1.82, 2.24) is 14.5 Å². The van der Waals surface area contributed by atoms with Gasteiger partial charge in [0.05, 0.1) is 11.5 Å². The van der Waals surface area contributed by atoms with Gasteiger partial charge in [-0.05, 0) is 15.9 Å². The Bertz CT molecular complexity index is 583. The smallest absolute Gasteiger partial charge is 0.312 e. The van der Waals surface area contributed by atoms with Crippen LogP contribution in [0.15, 0.2) is 29.1 Å². The second-order valence-electron chi connectivity index (χ2n) is 3.59. The van der Waals surface area contributed by atoms with Crippen LogP contribution in [0.5, 0.6) is 0 Å². The number of imidazole rings is 1. The average molecular weight is 312 g/mol. The number of aromatic nitrogens is 3. The molecular weight excluding hydrogens is 302 g/mol. The summed E-state index contributed by atoms with van der Waals surface area (Å²) in [4.78, 5) is 18.5. The maximum Gasteiger partial charge on any atom is 0.312 e. The van der Waals surface area contributed by atoms with Gasteiger partial charge in [-0.25, -0.2) is 9.97 Å². The fourth-order valence-corrected chi connectivity index (χ4v) is 1.75. The van der Waals surface area contributed by atoms with Crippen LogP contribution in [0.25, 0.3) is 0 Å². The third-order valence-corrected chi connectivity index (χ3v) is 2.80. The van der Waals surface area contributed by atoms with E-state index in [2.05, 4.69) is 31.2 Å². The molecular formula is C10H10BrN5O2. The van der Waals surface area contributed by atoms with E-state index in [1.807, 2.05) is 11.6 Å². The van der Waals surface area contributed by atoms with E-state index in [1.54, 1.807) is 12.4 Å². The summed E-state index contributed by atoms with van der Waals surface area (Å²) in [5.41, 5.74) is -0.0708. The van der Waals surface area contributed by atoms with E-state index in [0.29, 0.717) is 11.0 Å². The first-order valence-corrected chi connectivity index (χ1v) is 5.87. The summed E-state index contributed by atoms with van der Waals surface area (Å²) in [7, 11) is 1.85. The third-order valence-electron chi connectivity index (χ3n) is 2.37. The van der Waals surface area contributed by atoms with Crippen LogP contribution in [0.4, 0.5) is 11.5 Å². The number of nitrogens with zero attached hydrogens (tertiary/aromatic N) is 4. The van der Waals surface area contributed by atoms with Gasteiger partial charge < -0.3 is 9.88 Å². The normalized spacial score (nSPS) is 10.3. The highest BCUT2D eigenvalue weighted by Gasteiger charge is 2.15. The molecule has 2 heterocycles. The Morgan fingerprint density at radius 3 is 2.94 bits per heavy atom. The van der Waals surface area contributed by atoms with Crippen LogP contribution in [0, 0.1) is 10.1 Å². The average Bonchev–Trinajstić information content (AvgIpc) is 2.73. The zero-order valence-electron chi connectivity index (χ0n) is 9.50. The van der Waals surface area contributed by atoms with Gasteiger partial charge in [0, 0.05) is 36.2 Å². The number of rotatable bonds is 4. The SMILES string of the molecule is Cn1ccnc1CNc1ncc(Br)cc1[N+](=O)[O-]. The van der Waals surface area contributed by atoms with E-state index < -0.39 is 4.92 Å². The molecule has 0 radical (unpaired) electrons. The number of aryl methyl sites for hydroxylation is 1. The predicted octanol–water partition coefficient (Wildman–Crippen LogP) is 2.10. The largest absolute Gasteiger partial charge is 0.357 e. The minimum absolute atomic E-state index is 0.0708. The van der Waals surface area contributed by atoms with Crippen LogP contribution < -0.4 is 5.32 Å². The minimum atomic E-state index is -0.474. The lowest BCUT2D eigenvalue weighted by Gasteiger charge is -2.06. The van der Waals surface area contributed by atoms with Crippen molar-refractivity contribution in [2.75, 3.05) is 5.32 Å². The van der Waals surface area contributed by atoms with Gasteiger partial charge in [-0.2, -0.15) is 0 Å². The first-order valence-electron chi connectivity index (χ1n) is 5.08. The van der Waals surface area contributed by atoms with Gasteiger partial charge in [-0.1, -0.05) is 0 Å².